The number of pyridine rings is 2. The third-order valence-electron chi connectivity index (χ3n) is 8.25. The van der Waals surface area contributed by atoms with E-state index in [1.165, 1.54) is 55.1 Å². The molecule has 214 valence electrons. The summed E-state index contributed by atoms with van der Waals surface area (Å²) in [5, 5.41) is 4.91. The van der Waals surface area contributed by atoms with Crippen molar-refractivity contribution in [2.24, 2.45) is 0 Å². The molecule has 7 rings (SSSR count). The van der Waals surface area contributed by atoms with E-state index in [-0.39, 0.29) is 34.0 Å². The van der Waals surface area contributed by atoms with Gasteiger partial charge in [-0.2, -0.15) is 9.13 Å². The number of aryl methyl sites for hydroxylation is 2. The number of hydrogen-bond donors (Lipinski definition) is 2. The van der Waals surface area contributed by atoms with Crippen molar-refractivity contribution in [2.75, 3.05) is 14.2 Å². The number of fused-ring (bicyclic) bond motifs is 6. The second-order valence-corrected chi connectivity index (χ2v) is 10.5. The molecule has 42 heavy (non-hydrogen) atoms. The lowest BCUT2D eigenvalue weighted by Gasteiger charge is -2.05. The minimum absolute atomic E-state index is 0. The van der Waals surface area contributed by atoms with Gasteiger partial charge in [0.05, 0.1) is 25.3 Å². The molecular formula is C34H32Br2N4O2. The predicted octanol–water partition coefficient (Wildman–Crippen LogP) is 0.269. The molecular weight excluding hydrogens is 656 g/mol. The van der Waals surface area contributed by atoms with Gasteiger partial charge in [0.25, 0.3) is 0 Å². The topological polar surface area (TPSA) is 57.8 Å². The summed E-state index contributed by atoms with van der Waals surface area (Å²) in [5.74, 6) is 1.72. The third kappa shape index (κ3) is 5.03. The number of H-pyrrole nitrogens is 2. The van der Waals surface area contributed by atoms with E-state index in [9.17, 15) is 0 Å². The average Bonchev–Trinajstić information content (AvgIpc) is 3.55. The lowest BCUT2D eigenvalue weighted by atomic mass is 10.1. The minimum Gasteiger partial charge on any atom is -1.00 e. The molecule has 7 aromatic rings. The lowest BCUT2D eigenvalue weighted by Crippen LogP contribution is -3.00. The fourth-order valence-electron chi connectivity index (χ4n) is 5.89. The van der Waals surface area contributed by atoms with Crippen molar-refractivity contribution in [1.29, 1.82) is 0 Å². The fraction of sp³-hybridized carbons (Fsp3) is 0.176. The normalized spacial score (nSPS) is 11.1. The van der Waals surface area contributed by atoms with Gasteiger partial charge in [-0.05, 0) is 24.3 Å². The van der Waals surface area contributed by atoms with E-state index in [1.54, 1.807) is 14.2 Å². The van der Waals surface area contributed by atoms with Gasteiger partial charge in [-0.25, -0.2) is 0 Å². The first-order valence-electron chi connectivity index (χ1n) is 13.6. The van der Waals surface area contributed by atoms with E-state index in [0.29, 0.717) is 0 Å². The fourth-order valence-corrected chi connectivity index (χ4v) is 5.89. The average molecular weight is 688 g/mol. The quantitative estimate of drug-likeness (QED) is 0.247. The SMILES string of the molecule is COc1ccc2c(c1)[nH]c1c(C)[n+](Cc3ccc(C[n+]4ccc5c([nH]c6cc(OC)ccc65)c4C)cc3)ccc12.[Br-].[Br-]. The van der Waals surface area contributed by atoms with Gasteiger partial charge in [-0.1, -0.05) is 24.3 Å². The Morgan fingerprint density at radius 3 is 1.33 bits per heavy atom. The molecule has 0 atom stereocenters. The highest BCUT2D eigenvalue weighted by Gasteiger charge is 2.18. The van der Waals surface area contributed by atoms with Crippen molar-refractivity contribution >= 4 is 43.6 Å². The number of halogens is 2. The van der Waals surface area contributed by atoms with Crippen molar-refractivity contribution in [3.63, 3.8) is 0 Å². The maximum atomic E-state index is 5.41. The zero-order valence-corrected chi connectivity index (χ0v) is 27.1. The highest BCUT2D eigenvalue weighted by Crippen LogP contribution is 2.30. The van der Waals surface area contributed by atoms with Gasteiger partial charge in [-0.3, -0.25) is 0 Å². The number of aromatic nitrogens is 4. The Labute approximate surface area is 265 Å². The summed E-state index contributed by atoms with van der Waals surface area (Å²) in [6, 6.07) is 25.8. The Kier molecular flexibility index (Phi) is 8.30. The minimum atomic E-state index is 0. The van der Waals surface area contributed by atoms with Crippen molar-refractivity contribution in [2.45, 2.75) is 26.9 Å². The highest BCUT2D eigenvalue weighted by atomic mass is 79.9. The van der Waals surface area contributed by atoms with Crippen molar-refractivity contribution < 1.29 is 52.6 Å². The van der Waals surface area contributed by atoms with Crippen LogP contribution in [0.5, 0.6) is 11.5 Å². The summed E-state index contributed by atoms with van der Waals surface area (Å²) >= 11 is 0. The van der Waals surface area contributed by atoms with Crippen LogP contribution in [0.15, 0.2) is 85.2 Å². The first-order valence-corrected chi connectivity index (χ1v) is 13.6. The number of rotatable bonds is 6. The van der Waals surface area contributed by atoms with Gasteiger partial charge in [-0.15, -0.1) is 0 Å². The van der Waals surface area contributed by atoms with Crippen LogP contribution in [-0.2, 0) is 13.1 Å². The van der Waals surface area contributed by atoms with E-state index in [1.807, 2.05) is 12.1 Å². The molecule has 8 heteroatoms. The summed E-state index contributed by atoms with van der Waals surface area (Å²) in [7, 11) is 3.40. The number of ether oxygens (including phenoxy) is 2. The Morgan fingerprint density at radius 2 is 0.952 bits per heavy atom. The number of nitrogens with zero attached hydrogens (tertiary/aromatic N) is 2. The molecule has 2 N–H and O–H groups in total. The van der Waals surface area contributed by atoms with Gasteiger partial charge < -0.3 is 53.4 Å². The van der Waals surface area contributed by atoms with Gasteiger partial charge in [0.2, 0.25) is 11.4 Å². The Balaban J connectivity index is 0.00000176. The van der Waals surface area contributed by atoms with Crippen LogP contribution in [-0.4, -0.2) is 24.2 Å². The van der Waals surface area contributed by atoms with Gasteiger partial charge in [0.1, 0.15) is 22.5 Å². The second kappa shape index (κ2) is 11.8. The van der Waals surface area contributed by atoms with Crippen LogP contribution >= 0.6 is 0 Å². The summed E-state index contributed by atoms with van der Waals surface area (Å²) < 4.78 is 15.4. The Morgan fingerprint density at radius 1 is 0.548 bits per heavy atom. The van der Waals surface area contributed by atoms with Crippen LogP contribution in [0.4, 0.5) is 0 Å². The summed E-state index contributed by atoms with van der Waals surface area (Å²) in [5.41, 5.74) is 9.50. The molecule has 0 aliphatic rings. The van der Waals surface area contributed by atoms with E-state index in [0.717, 1.165) is 35.6 Å². The summed E-state index contributed by atoms with van der Waals surface area (Å²) in [6.07, 6.45) is 4.38. The van der Waals surface area contributed by atoms with Crippen LogP contribution in [0, 0.1) is 13.8 Å². The van der Waals surface area contributed by atoms with Gasteiger partial charge in [0, 0.05) is 70.8 Å². The molecule has 3 aromatic carbocycles. The molecule has 0 unspecified atom stereocenters. The number of methoxy groups -OCH3 is 2. The molecule has 0 fully saturated rings. The van der Waals surface area contributed by atoms with Crippen LogP contribution in [0.1, 0.15) is 22.5 Å². The number of aromatic amines is 2. The maximum Gasteiger partial charge on any atom is 0.202 e. The monoisotopic (exact) mass is 686 g/mol. The first-order chi connectivity index (χ1) is 19.5. The molecule has 0 saturated carbocycles. The molecule has 0 amide bonds. The third-order valence-corrected chi connectivity index (χ3v) is 8.25. The molecule has 0 aliphatic heterocycles. The molecule has 4 aromatic heterocycles. The number of benzene rings is 3. The molecule has 6 nitrogen and oxygen atoms in total. The van der Waals surface area contributed by atoms with Gasteiger partial charge in [0.15, 0.2) is 25.5 Å². The second-order valence-electron chi connectivity index (χ2n) is 10.5. The lowest BCUT2D eigenvalue weighted by molar-refractivity contribution is -0.693. The van der Waals surface area contributed by atoms with E-state index in [4.69, 9.17) is 9.47 Å². The van der Waals surface area contributed by atoms with Crippen LogP contribution in [0.2, 0.25) is 0 Å². The maximum absolute atomic E-state index is 5.41. The molecule has 0 spiro atoms. The van der Waals surface area contributed by atoms with Crippen LogP contribution in [0.3, 0.4) is 0 Å². The van der Waals surface area contributed by atoms with Crippen molar-refractivity contribution in [3.05, 3.63) is 108 Å². The van der Waals surface area contributed by atoms with Crippen LogP contribution in [0.25, 0.3) is 43.6 Å². The number of hydrogen-bond acceptors (Lipinski definition) is 2. The Hall–Kier alpha value is -3.88. The Bertz CT molecular complexity index is 1910. The molecule has 0 radical (unpaired) electrons. The predicted molar refractivity (Wildman–Crippen MR) is 159 cm³/mol. The molecule has 0 aliphatic carbocycles. The zero-order valence-electron chi connectivity index (χ0n) is 24.0. The van der Waals surface area contributed by atoms with E-state index < -0.39 is 0 Å². The van der Waals surface area contributed by atoms with E-state index in [2.05, 4.69) is 106 Å². The van der Waals surface area contributed by atoms with Crippen molar-refractivity contribution in [1.82, 2.24) is 9.97 Å². The number of nitrogens with one attached hydrogen (secondary N) is 2. The molecule has 4 heterocycles. The summed E-state index contributed by atoms with van der Waals surface area (Å²) in [4.78, 5) is 7.21. The van der Waals surface area contributed by atoms with Crippen LogP contribution < -0.4 is 52.6 Å². The summed E-state index contributed by atoms with van der Waals surface area (Å²) in [6.45, 7) is 5.99. The zero-order chi connectivity index (χ0) is 27.4. The first kappa shape index (κ1) is 29.6. The standard InChI is InChI=1S/C34H30N4O2.2BrH/c1-21-33-29(27-11-9-25(39-3)17-31(27)35-33)13-15-37(21)19-23-5-7-24(8-6-23)20-38-16-14-30-28-12-10-26(40-4)18-32(28)36-34(30)22(38)2;;/h5-18H,19-20H2,1-4H3;2*1H. The largest absolute Gasteiger partial charge is 1.00 e. The molecule has 0 saturated heterocycles. The van der Waals surface area contributed by atoms with E-state index >= 15 is 0 Å². The highest BCUT2D eigenvalue weighted by molar-refractivity contribution is 6.08. The van der Waals surface area contributed by atoms with Crippen molar-refractivity contribution in [3.8, 4) is 11.5 Å². The molecule has 0 bridgehead atoms. The van der Waals surface area contributed by atoms with Gasteiger partial charge >= 0.3 is 0 Å². The smallest absolute Gasteiger partial charge is 0.202 e.